The minimum atomic E-state index is -0.204. The van der Waals surface area contributed by atoms with Gasteiger partial charge in [0.2, 0.25) is 0 Å². The van der Waals surface area contributed by atoms with Crippen LogP contribution in [0.5, 0.6) is 0 Å². The van der Waals surface area contributed by atoms with Gasteiger partial charge in [-0.1, -0.05) is 19.1 Å². The molecule has 0 atom stereocenters. The van der Waals surface area contributed by atoms with Gasteiger partial charge < -0.3 is 20.4 Å². The molecule has 0 saturated carbocycles. The number of carbonyl (C=O) groups excluding carboxylic acids is 2. The molecule has 3 aromatic rings. The Kier molecular flexibility index (Phi) is 6.87. The number of amides is 2. The highest BCUT2D eigenvalue weighted by Crippen LogP contribution is 2.24. The molecule has 6 nitrogen and oxygen atoms in total. The number of benzene rings is 2. The minimum Gasteiger partial charge on any atom is -0.369 e. The number of carbonyl (C=O) groups is 2. The lowest BCUT2D eigenvalue weighted by Gasteiger charge is -2.35. The number of thiophene rings is 1. The molecule has 32 heavy (non-hydrogen) atoms. The first-order valence-corrected chi connectivity index (χ1v) is 11.8. The Morgan fingerprint density at radius 3 is 2.44 bits per heavy atom. The van der Waals surface area contributed by atoms with E-state index in [9.17, 15) is 9.59 Å². The van der Waals surface area contributed by atoms with Crippen molar-refractivity contribution >= 4 is 40.2 Å². The lowest BCUT2D eigenvalue weighted by Crippen LogP contribution is -2.46. The van der Waals surface area contributed by atoms with Crippen molar-refractivity contribution in [3.63, 3.8) is 0 Å². The predicted molar refractivity (Wildman–Crippen MR) is 132 cm³/mol. The summed E-state index contributed by atoms with van der Waals surface area (Å²) in [7, 11) is 0. The number of piperazine rings is 1. The second-order valence-electron chi connectivity index (χ2n) is 7.89. The normalized spacial score (nSPS) is 14.2. The average molecular weight is 449 g/mol. The number of hydrogen-bond acceptors (Lipinski definition) is 5. The lowest BCUT2D eigenvalue weighted by molar-refractivity contribution is 0.101. The number of anilines is 3. The van der Waals surface area contributed by atoms with Gasteiger partial charge in [0, 0.05) is 48.8 Å². The number of rotatable bonds is 6. The van der Waals surface area contributed by atoms with Crippen molar-refractivity contribution in [2.24, 2.45) is 0 Å². The van der Waals surface area contributed by atoms with Crippen molar-refractivity contribution in [3.05, 3.63) is 76.0 Å². The molecule has 166 valence electrons. The summed E-state index contributed by atoms with van der Waals surface area (Å²) >= 11 is 1.38. The van der Waals surface area contributed by atoms with E-state index >= 15 is 0 Å². The number of hydrogen-bond donors (Lipinski definition) is 2. The van der Waals surface area contributed by atoms with Crippen molar-refractivity contribution in [2.45, 2.75) is 13.8 Å². The van der Waals surface area contributed by atoms with E-state index in [1.54, 1.807) is 30.3 Å². The summed E-state index contributed by atoms with van der Waals surface area (Å²) in [6.07, 6.45) is 0. The quantitative estimate of drug-likeness (QED) is 0.574. The smallest absolute Gasteiger partial charge is 0.265 e. The third-order valence-electron chi connectivity index (χ3n) is 5.77. The molecular weight excluding hydrogens is 420 g/mol. The fraction of sp³-hybridized carbons (Fsp3) is 0.280. The summed E-state index contributed by atoms with van der Waals surface area (Å²) < 4.78 is 0. The zero-order valence-corrected chi connectivity index (χ0v) is 19.2. The van der Waals surface area contributed by atoms with Crippen LogP contribution in [0.25, 0.3) is 0 Å². The second kappa shape index (κ2) is 9.97. The van der Waals surface area contributed by atoms with Gasteiger partial charge in [0.15, 0.2) is 0 Å². The molecular formula is C25H28N4O2S. The Hall–Kier alpha value is -3.16. The molecule has 0 aliphatic carbocycles. The molecule has 0 spiro atoms. The van der Waals surface area contributed by atoms with E-state index in [1.807, 2.05) is 24.4 Å². The first-order chi connectivity index (χ1) is 15.5. The third-order valence-corrected chi connectivity index (χ3v) is 6.64. The Bertz CT molecular complexity index is 1090. The van der Waals surface area contributed by atoms with Gasteiger partial charge in [-0.3, -0.25) is 9.59 Å². The SMILES string of the molecule is CCN1CCN(c2ccc(NC(=O)c3cccc(NC(=O)c4cccs4)c3)c(C)c2)CC1. The van der Waals surface area contributed by atoms with Crippen LogP contribution in [0.15, 0.2) is 60.0 Å². The zero-order chi connectivity index (χ0) is 22.5. The molecule has 1 aliphatic rings. The van der Waals surface area contributed by atoms with Crippen LogP contribution in [0.2, 0.25) is 0 Å². The molecule has 0 unspecified atom stereocenters. The van der Waals surface area contributed by atoms with E-state index in [4.69, 9.17) is 0 Å². The van der Waals surface area contributed by atoms with Gasteiger partial charge in [-0.05, 0) is 66.9 Å². The molecule has 1 fully saturated rings. The fourth-order valence-electron chi connectivity index (χ4n) is 3.84. The maximum Gasteiger partial charge on any atom is 0.265 e. The Labute approximate surface area is 192 Å². The van der Waals surface area contributed by atoms with E-state index in [1.165, 1.54) is 17.0 Å². The topological polar surface area (TPSA) is 64.7 Å². The summed E-state index contributed by atoms with van der Waals surface area (Å²) in [6, 6.07) is 16.8. The summed E-state index contributed by atoms with van der Waals surface area (Å²) in [4.78, 5) is 30.6. The Morgan fingerprint density at radius 1 is 0.938 bits per heavy atom. The van der Waals surface area contributed by atoms with Gasteiger partial charge in [0.25, 0.3) is 11.8 Å². The number of nitrogens with one attached hydrogen (secondary N) is 2. The minimum absolute atomic E-state index is 0.177. The Morgan fingerprint density at radius 2 is 1.75 bits per heavy atom. The van der Waals surface area contributed by atoms with Crippen LogP contribution in [-0.2, 0) is 0 Å². The molecule has 2 amide bonds. The number of nitrogens with zero attached hydrogens (tertiary/aromatic N) is 2. The van der Waals surface area contributed by atoms with E-state index in [-0.39, 0.29) is 11.8 Å². The Balaban J connectivity index is 1.41. The summed E-state index contributed by atoms with van der Waals surface area (Å²) in [5.74, 6) is -0.381. The van der Waals surface area contributed by atoms with E-state index < -0.39 is 0 Å². The van der Waals surface area contributed by atoms with Gasteiger partial charge >= 0.3 is 0 Å². The lowest BCUT2D eigenvalue weighted by atomic mass is 10.1. The molecule has 1 aromatic heterocycles. The van der Waals surface area contributed by atoms with Crippen LogP contribution in [0.1, 0.15) is 32.5 Å². The molecule has 1 aliphatic heterocycles. The van der Waals surface area contributed by atoms with Gasteiger partial charge in [0.05, 0.1) is 4.88 Å². The molecule has 1 saturated heterocycles. The molecule has 0 bridgehead atoms. The summed E-state index contributed by atoms with van der Waals surface area (Å²) in [5, 5.41) is 7.71. The first-order valence-electron chi connectivity index (χ1n) is 10.9. The van der Waals surface area contributed by atoms with E-state index in [2.05, 4.69) is 39.5 Å². The van der Waals surface area contributed by atoms with Gasteiger partial charge in [-0.25, -0.2) is 0 Å². The van der Waals surface area contributed by atoms with Crippen LogP contribution in [0.4, 0.5) is 17.1 Å². The van der Waals surface area contributed by atoms with Crippen molar-refractivity contribution in [2.75, 3.05) is 48.3 Å². The van der Waals surface area contributed by atoms with Crippen LogP contribution in [0, 0.1) is 6.92 Å². The molecule has 0 radical (unpaired) electrons. The van der Waals surface area contributed by atoms with Crippen molar-refractivity contribution in [1.82, 2.24) is 4.90 Å². The van der Waals surface area contributed by atoms with Crippen LogP contribution >= 0.6 is 11.3 Å². The molecule has 4 rings (SSSR count). The highest BCUT2D eigenvalue weighted by Gasteiger charge is 2.17. The largest absolute Gasteiger partial charge is 0.369 e. The number of aryl methyl sites for hydroxylation is 1. The van der Waals surface area contributed by atoms with Crippen LogP contribution in [-0.4, -0.2) is 49.4 Å². The highest BCUT2D eigenvalue weighted by molar-refractivity contribution is 7.12. The highest BCUT2D eigenvalue weighted by atomic mass is 32.1. The van der Waals surface area contributed by atoms with Crippen molar-refractivity contribution < 1.29 is 9.59 Å². The zero-order valence-electron chi connectivity index (χ0n) is 18.4. The molecule has 2 heterocycles. The predicted octanol–water partition coefficient (Wildman–Crippen LogP) is 4.70. The van der Waals surface area contributed by atoms with Crippen LogP contribution in [0.3, 0.4) is 0 Å². The summed E-state index contributed by atoms with van der Waals surface area (Å²) in [5.41, 5.74) is 4.09. The monoisotopic (exact) mass is 448 g/mol. The van der Waals surface area contributed by atoms with Crippen LogP contribution < -0.4 is 15.5 Å². The van der Waals surface area contributed by atoms with Crippen molar-refractivity contribution in [3.8, 4) is 0 Å². The van der Waals surface area contributed by atoms with Gasteiger partial charge in [0.1, 0.15) is 0 Å². The fourth-order valence-corrected chi connectivity index (χ4v) is 4.46. The van der Waals surface area contributed by atoms with E-state index in [0.29, 0.717) is 16.1 Å². The maximum absolute atomic E-state index is 12.9. The second-order valence-corrected chi connectivity index (χ2v) is 8.83. The van der Waals surface area contributed by atoms with Gasteiger partial charge in [-0.15, -0.1) is 11.3 Å². The van der Waals surface area contributed by atoms with E-state index in [0.717, 1.165) is 44.0 Å². The molecule has 7 heteroatoms. The van der Waals surface area contributed by atoms with Crippen molar-refractivity contribution in [1.29, 1.82) is 0 Å². The molecule has 2 aromatic carbocycles. The number of likely N-dealkylation sites (N-methyl/N-ethyl adjacent to an activating group) is 1. The molecule has 2 N–H and O–H groups in total. The first kappa shape index (κ1) is 22.0. The third kappa shape index (κ3) is 5.18. The maximum atomic E-state index is 12.9. The average Bonchev–Trinajstić information content (AvgIpc) is 3.36. The standard InChI is InChI=1S/C25H28N4O2S/c1-3-28-11-13-29(14-12-28)21-9-10-22(18(2)16-21)27-24(30)19-6-4-7-20(17-19)26-25(31)23-8-5-15-32-23/h4-10,15-17H,3,11-14H2,1-2H3,(H,26,31)(H,27,30). The summed E-state index contributed by atoms with van der Waals surface area (Å²) in [6.45, 7) is 9.49. The van der Waals surface area contributed by atoms with Gasteiger partial charge in [-0.2, -0.15) is 0 Å².